The molecule has 0 fully saturated rings. The molecular weight excluding hydrogens is 298 g/mol. The van der Waals surface area contributed by atoms with Gasteiger partial charge >= 0.3 is 0 Å². The zero-order valence-corrected chi connectivity index (χ0v) is 13.2. The first kappa shape index (κ1) is 16.0. The molecule has 1 aromatic heterocycles. The van der Waals surface area contributed by atoms with Crippen molar-refractivity contribution in [3.05, 3.63) is 46.2 Å². The number of carbonyl (C=O) groups excluding carboxylic acids is 2. The van der Waals surface area contributed by atoms with Gasteiger partial charge in [-0.05, 0) is 42.5 Å². The van der Waals surface area contributed by atoms with E-state index in [1.807, 2.05) is 18.4 Å². The Morgan fingerprint density at radius 2 is 2.09 bits per heavy atom. The van der Waals surface area contributed by atoms with Crippen molar-refractivity contribution in [3.63, 3.8) is 0 Å². The molecule has 1 heterocycles. The Labute approximate surface area is 133 Å². The van der Waals surface area contributed by atoms with Crippen LogP contribution in [-0.4, -0.2) is 18.4 Å². The molecule has 22 heavy (non-hydrogen) atoms. The standard InChI is InChI=1S/C16H19N3O2S/c1-11-4-5-13(17)9-14(11)19-15(20)3-2-7-18-16(21)12-6-8-22-10-12/h4-6,8-10H,2-3,7,17H2,1H3,(H,18,21)(H,19,20). The maximum Gasteiger partial charge on any atom is 0.252 e. The van der Waals surface area contributed by atoms with Gasteiger partial charge in [0.05, 0.1) is 0 Å². The Kier molecular flexibility index (Phi) is 5.55. The number of aryl methyl sites for hydroxylation is 1. The van der Waals surface area contributed by atoms with Crippen molar-refractivity contribution in [2.75, 3.05) is 17.6 Å². The van der Waals surface area contributed by atoms with Crippen molar-refractivity contribution in [1.82, 2.24) is 5.32 Å². The van der Waals surface area contributed by atoms with Crippen molar-refractivity contribution >= 4 is 34.5 Å². The van der Waals surface area contributed by atoms with Gasteiger partial charge in [-0.2, -0.15) is 11.3 Å². The van der Waals surface area contributed by atoms with Gasteiger partial charge in [0, 0.05) is 35.3 Å². The molecule has 6 heteroatoms. The Morgan fingerprint density at radius 1 is 1.27 bits per heavy atom. The molecule has 0 radical (unpaired) electrons. The van der Waals surface area contributed by atoms with Gasteiger partial charge in [0.25, 0.3) is 5.91 Å². The van der Waals surface area contributed by atoms with E-state index in [9.17, 15) is 9.59 Å². The predicted octanol–water partition coefficient (Wildman–Crippen LogP) is 2.79. The summed E-state index contributed by atoms with van der Waals surface area (Å²) < 4.78 is 0. The molecule has 0 saturated heterocycles. The molecule has 0 bridgehead atoms. The summed E-state index contributed by atoms with van der Waals surface area (Å²) in [7, 11) is 0. The van der Waals surface area contributed by atoms with Crippen LogP contribution in [0.25, 0.3) is 0 Å². The van der Waals surface area contributed by atoms with Crippen LogP contribution in [0.4, 0.5) is 11.4 Å². The van der Waals surface area contributed by atoms with Crippen molar-refractivity contribution in [3.8, 4) is 0 Å². The third-order valence-electron chi connectivity index (χ3n) is 3.19. The number of amides is 2. The lowest BCUT2D eigenvalue weighted by Crippen LogP contribution is -2.25. The first-order valence-electron chi connectivity index (χ1n) is 7.02. The molecule has 0 unspecified atom stereocenters. The molecule has 2 rings (SSSR count). The fourth-order valence-corrected chi connectivity index (χ4v) is 2.57. The quantitative estimate of drug-likeness (QED) is 0.566. The van der Waals surface area contributed by atoms with Crippen LogP contribution in [0.15, 0.2) is 35.0 Å². The minimum atomic E-state index is -0.103. The van der Waals surface area contributed by atoms with Crippen molar-refractivity contribution < 1.29 is 9.59 Å². The van der Waals surface area contributed by atoms with E-state index in [1.165, 1.54) is 11.3 Å². The van der Waals surface area contributed by atoms with Crippen LogP contribution >= 0.6 is 11.3 Å². The maximum absolute atomic E-state index is 11.9. The average molecular weight is 317 g/mol. The highest BCUT2D eigenvalue weighted by Gasteiger charge is 2.07. The smallest absolute Gasteiger partial charge is 0.252 e. The summed E-state index contributed by atoms with van der Waals surface area (Å²) in [4.78, 5) is 23.6. The van der Waals surface area contributed by atoms with Gasteiger partial charge in [-0.1, -0.05) is 6.07 Å². The summed E-state index contributed by atoms with van der Waals surface area (Å²) >= 11 is 1.48. The number of nitrogens with one attached hydrogen (secondary N) is 2. The molecule has 0 atom stereocenters. The van der Waals surface area contributed by atoms with Crippen LogP contribution < -0.4 is 16.4 Å². The van der Waals surface area contributed by atoms with Crippen LogP contribution in [0, 0.1) is 6.92 Å². The maximum atomic E-state index is 11.9. The second-order valence-electron chi connectivity index (χ2n) is 4.99. The molecule has 0 aliphatic rings. The normalized spacial score (nSPS) is 10.2. The van der Waals surface area contributed by atoms with Gasteiger partial charge in [-0.3, -0.25) is 9.59 Å². The topological polar surface area (TPSA) is 84.2 Å². The number of rotatable bonds is 6. The lowest BCUT2D eigenvalue weighted by Gasteiger charge is -2.09. The predicted molar refractivity (Wildman–Crippen MR) is 90.1 cm³/mol. The number of thiophene rings is 1. The highest BCUT2D eigenvalue weighted by Crippen LogP contribution is 2.18. The van der Waals surface area contributed by atoms with E-state index >= 15 is 0 Å². The summed E-state index contributed by atoms with van der Waals surface area (Å²) in [5.41, 5.74) is 8.67. The Bertz CT molecular complexity index is 653. The summed E-state index contributed by atoms with van der Waals surface area (Å²) in [6.45, 7) is 2.38. The number of carbonyl (C=O) groups is 2. The highest BCUT2D eigenvalue weighted by atomic mass is 32.1. The minimum Gasteiger partial charge on any atom is -0.399 e. The minimum absolute atomic E-state index is 0.0847. The zero-order chi connectivity index (χ0) is 15.9. The van der Waals surface area contributed by atoms with Crippen molar-refractivity contribution in [2.24, 2.45) is 0 Å². The molecule has 0 saturated carbocycles. The fourth-order valence-electron chi connectivity index (χ4n) is 1.93. The van der Waals surface area contributed by atoms with Crippen molar-refractivity contribution in [1.29, 1.82) is 0 Å². The van der Waals surface area contributed by atoms with E-state index in [0.29, 0.717) is 30.6 Å². The van der Waals surface area contributed by atoms with Crippen LogP contribution in [0.5, 0.6) is 0 Å². The summed E-state index contributed by atoms with van der Waals surface area (Å²) in [6, 6.07) is 7.18. The van der Waals surface area contributed by atoms with Gasteiger partial charge in [-0.15, -0.1) is 0 Å². The molecule has 1 aromatic carbocycles. The van der Waals surface area contributed by atoms with Gasteiger partial charge in [0.15, 0.2) is 0 Å². The summed E-state index contributed by atoms with van der Waals surface area (Å²) in [5, 5.41) is 9.28. The number of hydrogen-bond donors (Lipinski definition) is 3. The largest absolute Gasteiger partial charge is 0.399 e. The molecule has 2 amide bonds. The molecular formula is C16H19N3O2S. The molecule has 0 aliphatic heterocycles. The van der Waals surface area contributed by atoms with Crippen LogP contribution in [0.2, 0.25) is 0 Å². The van der Waals surface area contributed by atoms with E-state index < -0.39 is 0 Å². The van der Waals surface area contributed by atoms with Crippen molar-refractivity contribution in [2.45, 2.75) is 19.8 Å². The zero-order valence-electron chi connectivity index (χ0n) is 12.4. The molecule has 2 aromatic rings. The third-order valence-corrected chi connectivity index (χ3v) is 3.87. The monoisotopic (exact) mass is 317 g/mol. The molecule has 116 valence electrons. The first-order chi connectivity index (χ1) is 10.6. The van der Waals surface area contributed by atoms with Crippen LogP contribution in [0.3, 0.4) is 0 Å². The van der Waals surface area contributed by atoms with E-state index in [-0.39, 0.29) is 11.8 Å². The van der Waals surface area contributed by atoms with Gasteiger partial charge in [0.1, 0.15) is 0 Å². The summed E-state index contributed by atoms with van der Waals surface area (Å²) in [6.07, 6.45) is 0.932. The fraction of sp³-hybridized carbons (Fsp3) is 0.250. The highest BCUT2D eigenvalue weighted by molar-refractivity contribution is 7.08. The first-order valence-corrected chi connectivity index (χ1v) is 7.97. The number of nitrogen functional groups attached to an aromatic ring is 1. The van der Waals surface area contributed by atoms with Crippen LogP contribution in [-0.2, 0) is 4.79 Å². The number of benzene rings is 1. The average Bonchev–Trinajstić information content (AvgIpc) is 3.01. The number of nitrogens with two attached hydrogens (primary N) is 1. The molecule has 0 aliphatic carbocycles. The Hall–Kier alpha value is -2.34. The molecule has 0 spiro atoms. The number of hydrogen-bond acceptors (Lipinski definition) is 4. The van der Waals surface area contributed by atoms with E-state index in [1.54, 1.807) is 23.6 Å². The molecule has 5 nitrogen and oxygen atoms in total. The second-order valence-corrected chi connectivity index (χ2v) is 5.77. The SMILES string of the molecule is Cc1ccc(N)cc1NC(=O)CCCNC(=O)c1ccsc1. The third kappa shape index (κ3) is 4.60. The second kappa shape index (κ2) is 7.61. The van der Waals surface area contributed by atoms with Gasteiger partial charge in [0.2, 0.25) is 5.91 Å². The molecule has 4 N–H and O–H groups in total. The Morgan fingerprint density at radius 3 is 2.82 bits per heavy atom. The summed E-state index contributed by atoms with van der Waals surface area (Å²) in [5.74, 6) is -0.188. The van der Waals surface area contributed by atoms with Gasteiger partial charge in [-0.25, -0.2) is 0 Å². The van der Waals surface area contributed by atoms with E-state index in [4.69, 9.17) is 5.73 Å². The van der Waals surface area contributed by atoms with E-state index in [2.05, 4.69) is 10.6 Å². The lowest BCUT2D eigenvalue weighted by molar-refractivity contribution is -0.116. The van der Waals surface area contributed by atoms with Gasteiger partial charge < -0.3 is 16.4 Å². The van der Waals surface area contributed by atoms with E-state index in [0.717, 1.165) is 11.3 Å². The van der Waals surface area contributed by atoms with Crippen LogP contribution in [0.1, 0.15) is 28.8 Å². The number of anilines is 2. The lowest BCUT2D eigenvalue weighted by atomic mass is 10.1. The Balaban J connectivity index is 1.72.